The summed E-state index contributed by atoms with van der Waals surface area (Å²) in [6, 6.07) is 14.0. The summed E-state index contributed by atoms with van der Waals surface area (Å²) in [6.45, 7) is 1.64. The second kappa shape index (κ2) is 7.54. The third-order valence-electron chi connectivity index (χ3n) is 5.65. The number of carbonyl (C=O) groups excluding carboxylic acids is 1. The first kappa shape index (κ1) is 19.5. The summed E-state index contributed by atoms with van der Waals surface area (Å²) in [5, 5.41) is 25.1. The minimum atomic E-state index is -1.18. The number of aliphatic hydroxyl groups excluding tert-OH is 1. The number of aromatic nitrogens is 2. The molecule has 0 aliphatic heterocycles. The van der Waals surface area contributed by atoms with Gasteiger partial charge < -0.3 is 10.2 Å². The molecular formula is C23H23FN2O3. The lowest BCUT2D eigenvalue weighted by Crippen LogP contribution is -2.32. The zero-order valence-electron chi connectivity index (χ0n) is 16.2. The SMILES string of the molecule is Cc1ccc(-c2cc(C3(O)CCC(=O)CC3)nn2-c2ccc(CO)cc2)cc1F. The van der Waals surface area contributed by atoms with Gasteiger partial charge in [0.2, 0.25) is 0 Å². The molecule has 0 amide bonds. The fourth-order valence-corrected chi connectivity index (χ4v) is 3.70. The highest BCUT2D eigenvalue weighted by atomic mass is 19.1. The molecule has 0 spiro atoms. The van der Waals surface area contributed by atoms with Crippen molar-refractivity contribution in [1.29, 1.82) is 0 Å². The van der Waals surface area contributed by atoms with Crippen molar-refractivity contribution in [3.63, 3.8) is 0 Å². The fourth-order valence-electron chi connectivity index (χ4n) is 3.70. The number of ketones is 1. The number of halogens is 1. The van der Waals surface area contributed by atoms with Gasteiger partial charge in [-0.2, -0.15) is 5.10 Å². The standard InChI is InChI=1S/C23H23FN2O3/c1-15-2-5-17(12-20(15)24)21-13-22(23(29)10-8-19(28)9-11-23)25-26(21)18-6-3-16(14-27)4-7-18/h2-7,12-13,27,29H,8-11,14H2,1H3. The summed E-state index contributed by atoms with van der Waals surface area (Å²) in [6.07, 6.45) is 1.30. The molecule has 0 atom stereocenters. The molecule has 1 aliphatic rings. The molecule has 2 aromatic carbocycles. The zero-order valence-corrected chi connectivity index (χ0v) is 16.2. The minimum absolute atomic E-state index is 0.0611. The van der Waals surface area contributed by atoms with Gasteiger partial charge in [0.1, 0.15) is 17.2 Å². The van der Waals surface area contributed by atoms with Crippen molar-refractivity contribution in [3.8, 4) is 16.9 Å². The van der Waals surface area contributed by atoms with E-state index in [-0.39, 0.29) is 18.2 Å². The predicted octanol–water partition coefficient (Wildman–Crippen LogP) is 3.81. The van der Waals surface area contributed by atoms with Crippen molar-refractivity contribution < 1.29 is 19.4 Å². The molecule has 2 N–H and O–H groups in total. The molecule has 6 heteroatoms. The molecule has 0 radical (unpaired) electrons. The number of benzene rings is 2. The van der Waals surface area contributed by atoms with E-state index in [0.717, 1.165) is 11.3 Å². The summed E-state index contributed by atoms with van der Waals surface area (Å²) in [5.41, 5.74) is 2.66. The lowest BCUT2D eigenvalue weighted by Gasteiger charge is -2.29. The molecule has 0 bridgehead atoms. The van der Waals surface area contributed by atoms with Gasteiger partial charge in [0.25, 0.3) is 0 Å². The topological polar surface area (TPSA) is 75.3 Å². The smallest absolute Gasteiger partial charge is 0.133 e. The number of aryl methyl sites for hydroxylation is 1. The quantitative estimate of drug-likeness (QED) is 0.706. The first-order chi connectivity index (χ1) is 13.9. The van der Waals surface area contributed by atoms with Crippen molar-refractivity contribution in [2.45, 2.75) is 44.8 Å². The van der Waals surface area contributed by atoms with E-state index in [1.165, 1.54) is 6.07 Å². The first-order valence-corrected chi connectivity index (χ1v) is 9.71. The second-order valence-electron chi connectivity index (χ2n) is 7.69. The molecule has 1 heterocycles. The summed E-state index contributed by atoms with van der Waals surface area (Å²) in [7, 11) is 0. The molecule has 0 saturated heterocycles. The Morgan fingerprint density at radius 1 is 1.10 bits per heavy atom. The second-order valence-corrected chi connectivity index (χ2v) is 7.69. The number of hydrogen-bond acceptors (Lipinski definition) is 4. The van der Waals surface area contributed by atoms with E-state index in [2.05, 4.69) is 5.10 Å². The van der Waals surface area contributed by atoms with Gasteiger partial charge in [0.15, 0.2) is 0 Å². The number of Topliss-reactive ketones (excluding diaryl/α,β-unsaturated/α-hetero) is 1. The van der Waals surface area contributed by atoms with Gasteiger partial charge >= 0.3 is 0 Å². The normalized spacial score (nSPS) is 16.2. The van der Waals surface area contributed by atoms with Crippen LogP contribution < -0.4 is 0 Å². The average Bonchev–Trinajstić information content (AvgIpc) is 3.19. The summed E-state index contributed by atoms with van der Waals surface area (Å²) >= 11 is 0. The van der Waals surface area contributed by atoms with E-state index >= 15 is 0 Å². The largest absolute Gasteiger partial charge is 0.392 e. The van der Waals surface area contributed by atoms with Crippen molar-refractivity contribution >= 4 is 5.78 Å². The highest BCUT2D eigenvalue weighted by Crippen LogP contribution is 2.37. The number of carbonyl (C=O) groups is 1. The van der Waals surface area contributed by atoms with E-state index in [1.807, 2.05) is 18.2 Å². The Kier molecular flexibility index (Phi) is 5.06. The highest BCUT2D eigenvalue weighted by Gasteiger charge is 2.37. The van der Waals surface area contributed by atoms with Crippen LogP contribution in [0.2, 0.25) is 0 Å². The molecule has 1 aliphatic carbocycles. The highest BCUT2D eigenvalue weighted by molar-refractivity contribution is 5.79. The molecule has 0 unspecified atom stereocenters. The Balaban J connectivity index is 1.84. The molecule has 150 valence electrons. The monoisotopic (exact) mass is 394 g/mol. The van der Waals surface area contributed by atoms with Crippen molar-refractivity contribution in [2.24, 2.45) is 0 Å². The van der Waals surface area contributed by atoms with Gasteiger partial charge in [0.05, 0.1) is 23.7 Å². The van der Waals surface area contributed by atoms with Gasteiger partial charge in [-0.25, -0.2) is 9.07 Å². The maximum absolute atomic E-state index is 14.2. The van der Waals surface area contributed by atoms with Crippen LogP contribution in [0.4, 0.5) is 4.39 Å². The third kappa shape index (κ3) is 3.73. The van der Waals surface area contributed by atoms with Crippen LogP contribution in [0, 0.1) is 12.7 Å². The Bertz CT molecular complexity index is 1050. The van der Waals surface area contributed by atoms with Gasteiger partial charge in [-0.05, 0) is 55.2 Å². The fraction of sp³-hybridized carbons (Fsp3) is 0.304. The Labute approximate surface area is 168 Å². The van der Waals surface area contributed by atoms with Crippen LogP contribution in [-0.4, -0.2) is 25.8 Å². The number of aliphatic hydroxyl groups is 2. The average molecular weight is 394 g/mol. The Morgan fingerprint density at radius 3 is 2.41 bits per heavy atom. The van der Waals surface area contributed by atoms with Crippen LogP contribution in [0.5, 0.6) is 0 Å². The number of nitrogens with zero attached hydrogens (tertiary/aromatic N) is 2. The summed E-state index contributed by atoms with van der Waals surface area (Å²) in [4.78, 5) is 11.6. The van der Waals surface area contributed by atoms with Gasteiger partial charge in [-0.15, -0.1) is 0 Å². The maximum atomic E-state index is 14.2. The van der Waals surface area contributed by atoms with Crippen molar-refractivity contribution in [2.75, 3.05) is 0 Å². The van der Waals surface area contributed by atoms with Crippen LogP contribution in [0.15, 0.2) is 48.5 Å². The van der Waals surface area contributed by atoms with E-state index < -0.39 is 5.60 Å². The van der Waals surface area contributed by atoms with E-state index in [9.17, 15) is 19.4 Å². The molecule has 29 heavy (non-hydrogen) atoms. The van der Waals surface area contributed by atoms with Gasteiger partial charge in [-0.1, -0.05) is 24.3 Å². The lowest BCUT2D eigenvalue weighted by atomic mass is 9.82. The Morgan fingerprint density at radius 2 is 1.79 bits per heavy atom. The van der Waals surface area contributed by atoms with Crippen LogP contribution in [0.3, 0.4) is 0 Å². The number of hydrogen-bond donors (Lipinski definition) is 2. The molecular weight excluding hydrogens is 371 g/mol. The molecule has 3 aromatic rings. The van der Waals surface area contributed by atoms with Crippen LogP contribution in [-0.2, 0) is 17.0 Å². The molecule has 4 rings (SSSR count). The summed E-state index contributed by atoms with van der Waals surface area (Å²) < 4.78 is 15.9. The predicted molar refractivity (Wildman–Crippen MR) is 107 cm³/mol. The van der Waals surface area contributed by atoms with Crippen molar-refractivity contribution in [1.82, 2.24) is 9.78 Å². The molecule has 1 aromatic heterocycles. The molecule has 1 saturated carbocycles. The lowest BCUT2D eigenvalue weighted by molar-refractivity contribution is -0.125. The molecule has 5 nitrogen and oxygen atoms in total. The third-order valence-corrected chi connectivity index (χ3v) is 5.65. The summed E-state index contributed by atoms with van der Waals surface area (Å²) in [5.74, 6) is -0.163. The first-order valence-electron chi connectivity index (χ1n) is 9.71. The number of rotatable bonds is 4. The van der Waals surface area contributed by atoms with Crippen molar-refractivity contribution in [3.05, 3.63) is 71.2 Å². The van der Waals surface area contributed by atoms with Crippen LogP contribution in [0.1, 0.15) is 42.5 Å². The van der Waals surface area contributed by atoms with E-state index in [0.29, 0.717) is 48.2 Å². The van der Waals surface area contributed by atoms with Gasteiger partial charge in [-0.3, -0.25) is 4.79 Å². The van der Waals surface area contributed by atoms with E-state index in [4.69, 9.17) is 0 Å². The van der Waals surface area contributed by atoms with E-state index in [1.54, 1.807) is 35.9 Å². The minimum Gasteiger partial charge on any atom is -0.392 e. The maximum Gasteiger partial charge on any atom is 0.133 e. The van der Waals surface area contributed by atoms with Gasteiger partial charge in [0, 0.05) is 18.4 Å². The van der Waals surface area contributed by atoms with Crippen LogP contribution >= 0.6 is 0 Å². The Hall–Kier alpha value is -2.83. The van der Waals surface area contributed by atoms with Crippen LogP contribution in [0.25, 0.3) is 16.9 Å². The zero-order chi connectivity index (χ0) is 20.6. The molecule has 1 fully saturated rings.